The number of hydrogen-bond acceptors (Lipinski definition) is 4. The first-order valence-electron chi connectivity index (χ1n) is 10.6. The minimum Gasteiger partial charge on any atom is -0.450 e. The van der Waals surface area contributed by atoms with Crippen molar-refractivity contribution in [3.05, 3.63) is 17.0 Å². The Morgan fingerprint density at radius 3 is 2.37 bits per heavy atom. The zero-order valence-corrected chi connectivity index (χ0v) is 22.2. The van der Waals surface area contributed by atoms with Crippen LogP contribution < -0.4 is 16.0 Å². The largest absolute Gasteiger partial charge is 0.450 e. The molecular formula is C21H41IN6O2. The molecule has 0 radical (unpaired) electrons. The van der Waals surface area contributed by atoms with Crippen molar-refractivity contribution < 1.29 is 9.53 Å². The molecule has 174 valence electrons. The third-order valence-electron chi connectivity index (χ3n) is 4.72. The van der Waals surface area contributed by atoms with E-state index in [1.54, 1.807) is 6.92 Å². The molecule has 0 fully saturated rings. The Morgan fingerprint density at radius 2 is 1.87 bits per heavy atom. The van der Waals surface area contributed by atoms with Gasteiger partial charge in [-0.3, -0.25) is 9.67 Å². The van der Waals surface area contributed by atoms with Crippen LogP contribution in [-0.2, 0) is 18.2 Å². The summed E-state index contributed by atoms with van der Waals surface area (Å²) in [7, 11) is 1.97. The Kier molecular flexibility index (Phi) is 13.7. The first-order valence-corrected chi connectivity index (χ1v) is 10.6. The second-order valence-corrected chi connectivity index (χ2v) is 7.93. The zero-order chi connectivity index (χ0) is 22.0. The Morgan fingerprint density at radius 1 is 1.20 bits per heavy atom. The maximum absolute atomic E-state index is 11.8. The van der Waals surface area contributed by atoms with E-state index in [2.05, 4.69) is 48.7 Å². The Labute approximate surface area is 199 Å². The van der Waals surface area contributed by atoms with Crippen molar-refractivity contribution in [1.29, 1.82) is 0 Å². The molecule has 30 heavy (non-hydrogen) atoms. The predicted octanol–water partition coefficient (Wildman–Crippen LogP) is 3.30. The van der Waals surface area contributed by atoms with Crippen molar-refractivity contribution >= 4 is 36.0 Å². The molecule has 0 aliphatic rings. The van der Waals surface area contributed by atoms with Crippen LogP contribution in [0.25, 0.3) is 0 Å². The van der Waals surface area contributed by atoms with Gasteiger partial charge in [0, 0.05) is 25.3 Å². The number of halogens is 1. The SMILES string of the molecule is CCNC(=NCC(CC(C)C)NC(=O)OCC)NC(C)Cc1c(C)nn(C)c1C.I. The van der Waals surface area contributed by atoms with Crippen LogP contribution in [0.15, 0.2) is 4.99 Å². The number of aryl methyl sites for hydroxylation is 2. The molecule has 1 heterocycles. The number of nitrogens with one attached hydrogen (secondary N) is 3. The van der Waals surface area contributed by atoms with E-state index >= 15 is 0 Å². The minimum absolute atomic E-state index is 0. The van der Waals surface area contributed by atoms with Crippen LogP contribution >= 0.6 is 24.0 Å². The normalized spacial score (nSPS) is 13.4. The fraction of sp³-hybridized carbons (Fsp3) is 0.762. The lowest BCUT2D eigenvalue weighted by molar-refractivity contribution is 0.147. The summed E-state index contributed by atoms with van der Waals surface area (Å²) in [5.41, 5.74) is 3.52. The Balaban J connectivity index is 0.00000841. The Hall–Kier alpha value is -1.52. The van der Waals surface area contributed by atoms with Crippen LogP contribution in [0.1, 0.15) is 58.0 Å². The van der Waals surface area contributed by atoms with E-state index in [4.69, 9.17) is 9.73 Å². The highest BCUT2D eigenvalue weighted by atomic mass is 127. The number of nitrogens with zero attached hydrogens (tertiary/aromatic N) is 3. The number of carbonyl (C=O) groups is 1. The van der Waals surface area contributed by atoms with Crippen molar-refractivity contribution in [2.75, 3.05) is 19.7 Å². The van der Waals surface area contributed by atoms with E-state index in [0.29, 0.717) is 19.1 Å². The molecule has 0 spiro atoms. The summed E-state index contributed by atoms with van der Waals surface area (Å²) >= 11 is 0. The number of guanidine groups is 1. The fourth-order valence-electron chi connectivity index (χ4n) is 3.31. The van der Waals surface area contributed by atoms with Gasteiger partial charge in [0.15, 0.2) is 5.96 Å². The quantitative estimate of drug-likeness (QED) is 0.243. The van der Waals surface area contributed by atoms with Crippen molar-refractivity contribution in [3.8, 4) is 0 Å². The molecule has 0 aliphatic heterocycles. The zero-order valence-electron chi connectivity index (χ0n) is 19.8. The average Bonchev–Trinajstić information content (AvgIpc) is 2.85. The van der Waals surface area contributed by atoms with Crippen molar-refractivity contribution in [3.63, 3.8) is 0 Å². The van der Waals surface area contributed by atoms with Gasteiger partial charge in [0.1, 0.15) is 0 Å². The molecule has 1 amide bonds. The number of aromatic nitrogens is 2. The molecule has 2 unspecified atom stereocenters. The first kappa shape index (κ1) is 28.5. The summed E-state index contributed by atoms with van der Waals surface area (Å²) in [4.78, 5) is 16.5. The molecule has 0 aliphatic carbocycles. The van der Waals surface area contributed by atoms with E-state index < -0.39 is 0 Å². The number of rotatable bonds is 10. The summed E-state index contributed by atoms with van der Waals surface area (Å²) in [5.74, 6) is 1.20. The molecule has 1 aromatic heterocycles. The number of alkyl carbamates (subject to hydrolysis) is 1. The molecule has 1 rings (SSSR count). The van der Waals surface area contributed by atoms with Gasteiger partial charge in [-0.25, -0.2) is 4.79 Å². The second kappa shape index (κ2) is 14.5. The van der Waals surface area contributed by atoms with Gasteiger partial charge in [-0.15, -0.1) is 24.0 Å². The van der Waals surface area contributed by atoms with Gasteiger partial charge in [-0.1, -0.05) is 13.8 Å². The number of aliphatic imine (C=N–C) groups is 1. The highest BCUT2D eigenvalue weighted by Crippen LogP contribution is 2.14. The van der Waals surface area contributed by atoms with Crippen LogP contribution in [0.4, 0.5) is 4.79 Å². The summed E-state index contributed by atoms with van der Waals surface area (Å²) < 4.78 is 6.95. The van der Waals surface area contributed by atoms with Gasteiger partial charge in [0.05, 0.1) is 24.9 Å². The molecule has 9 heteroatoms. The lowest BCUT2D eigenvalue weighted by atomic mass is 10.0. The number of hydrogen-bond donors (Lipinski definition) is 3. The summed E-state index contributed by atoms with van der Waals surface area (Å²) in [5, 5.41) is 14.2. The molecule has 0 saturated heterocycles. The van der Waals surface area contributed by atoms with Crippen LogP contribution in [-0.4, -0.2) is 53.6 Å². The number of carbonyl (C=O) groups excluding carboxylic acids is 1. The molecule has 1 aromatic rings. The maximum Gasteiger partial charge on any atom is 0.407 e. The van der Waals surface area contributed by atoms with Crippen molar-refractivity contribution in [2.24, 2.45) is 18.0 Å². The molecule has 0 saturated carbocycles. The average molecular weight is 537 g/mol. The van der Waals surface area contributed by atoms with E-state index in [0.717, 1.165) is 31.0 Å². The van der Waals surface area contributed by atoms with Gasteiger partial charge >= 0.3 is 6.09 Å². The van der Waals surface area contributed by atoms with Crippen LogP contribution in [0.5, 0.6) is 0 Å². The summed E-state index contributed by atoms with van der Waals surface area (Å²) in [6.07, 6.45) is 1.32. The fourth-order valence-corrected chi connectivity index (χ4v) is 3.31. The van der Waals surface area contributed by atoms with Gasteiger partial charge in [-0.2, -0.15) is 5.10 Å². The van der Waals surface area contributed by atoms with Crippen molar-refractivity contribution in [1.82, 2.24) is 25.7 Å². The number of ether oxygens (including phenoxy) is 1. The summed E-state index contributed by atoms with van der Waals surface area (Å²) in [6, 6.07) is 0.124. The molecule has 0 aromatic carbocycles. The maximum atomic E-state index is 11.8. The third kappa shape index (κ3) is 9.99. The van der Waals surface area contributed by atoms with Gasteiger partial charge in [0.25, 0.3) is 0 Å². The van der Waals surface area contributed by atoms with Crippen LogP contribution in [0.2, 0.25) is 0 Å². The smallest absolute Gasteiger partial charge is 0.407 e. The standard InChI is InChI=1S/C21H40N6O2.HI/c1-9-22-20(23-13-18(11-14(3)4)25-21(28)29-10-2)24-15(5)12-19-16(6)26-27(8)17(19)7;/h14-15,18H,9-13H2,1-8H3,(H,25,28)(H2,22,23,24);1H. The number of amides is 1. The monoisotopic (exact) mass is 536 g/mol. The topological polar surface area (TPSA) is 92.6 Å². The van der Waals surface area contributed by atoms with Crippen LogP contribution in [0, 0.1) is 19.8 Å². The third-order valence-corrected chi connectivity index (χ3v) is 4.72. The van der Waals surface area contributed by atoms with Gasteiger partial charge < -0.3 is 20.7 Å². The van der Waals surface area contributed by atoms with Crippen molar-refractivity contribution in [2.45, 2.75) is 73.4 Å². The molecule has 0 bridgehead atoms. The second-order valence-electron chi connectivity index (χ2n) is 7.93. The highest BCUT2D eigenvalue weighted by Gasteiger charge is 2.16. The minimum atomic E-state index is -0.387. The van der Waals surface area contributed by atoms with E-state index in [-0.39, 0.29) is 42.2 Å². The highest BCUT2D eigenvalue weighted by molar-refractivity contribution is 14.0. The molecule has 2 atom stereocenters. The molecular weight excluding hydrogens is 495 g/mol. The predicted molar refractivity (Wildman–Crippen MR) is 134 cm³/mol. The van der Waals surface area contributed by atoms with Crippen LogP contribution in [0.3, 0.4) is 0 Å². The lowest BCUT2D eigenvalue weighted by Gasteiger charge is -2.21. The van der Waals surface area contributed by atoms with Gasteiger partial charge in [-0.05, 0) is 58.9 Å². The molecule has 3 N–H and O–H groups in total. The van der Waals surface area contributed by atoms with E-state index in [1.165, 1.54) is 11.3 Å². The van der Waals surface area contributed by atoms with E-state index in [9.17, 15) is 4.79 Å². The van der Waals surface area contributed by atoms with E-state index in [1.807, 2.05) is 25.6 Å². The lowest BCUT2D eigenvalue weighted by Crippen LogP contribution is -2.45. The molecule has 8 nitrogen and oxygen atoms in total. The Bertz CT molecular complexity index is 675. The first-order chi connectivity index (χ1) is 13.7. The summed E-state index contributed by atoms with van der Waals surface area (Å²) in [6.45, 7) is 16.0. The van der Waals surface area contributed by atoms with Gasteiger partial charge in [0.2, 0.25) is 0 Å².